The Morgan fingerprint density at radius 1 is 1.39 bits per heavy atom. The molecule has 0 spiro atoms. The van der Waals surface area contributed by atoms with Crippen LogP contribution < -0.4 is 5.32 Å². The van der Waals surface area contributed by atoms with Crippen LogP contribution in [0.25, 0.3) is 11.3 Å². The van der Waals surface area contributed by atoms with Gasteiger partial charge in [0, 0.05) is 22.6 Å². The molecule has 0 aliphatic carbocycles. The van der Waals surface area contributed by atoms with Crippen LogP contribution in [0.3, 0.4) is 0 Å². The third-order valence-electron chi connectivity index (χ3n) is 2.69. The molecule has 3 nitrogen and oxygen atoms in total. The lowest BCUT2D eigenvalue weighted by Crippen LogP contribution is -2.22. The van der Waals surface area contributed by atoms with E-state index in [1.165, 1.54) is 12.0 Å². The van der Waals surface area contributed by atoms with Gasteiger partial charge in [0.05, 0.1) is 0 Å². The molecular formula is C14H17BrN2O. The van der Waals surface area contributed by atoms with Crippen molar-refractivity contribution >= 4 is 15.9 Å². The zero-order valence-electron chi connectivity index (χ0n) is 10.8. The smallest absolute Gasteiger partial charge is 0.181 e. The maximum atomic E-state index is 5.52. The van der Waals surface area contributed by atoms with E-state index in [1.807, 2.05) is 0 Å². The quantitative estimate of drug-likeness (QED) is 0.930. The minimum atomic E-state index is 0.427. The Hall–Kier alpha value is -1.13. The summed E-state index contributed by atoms with van der Waals surface area (Å²) in [6, 6.07) is 6.63. The predicted molar refractivity (Wildman–Crippen MR) is 76.4 cm³/mol. The lowest BCUT2D eigenvalue weighted by molar-refractivity contribution is 0.562. The molecule has 1 heterocycles. The van der Waals surface area contributed by atoms with Gasteiger partial charge in [-0.05, 0) is 24.6 Å². The lowest BCUT2D eigenvalue weighted by Gasteiger charge is -2.08. The van der Waals surface area contributed by atoms with Gasteiger partial charge in [-0.1, -0.05) is 35.8 Å². The lowest BCUT2D eigenvalue weighted by atomic mass is 10.1. The van der Waals surface area contributed by atoms with Gasteiger partial charge in [-0.2, -0.15) is 0 Å². The summed E-state index contributed by atoms with van der Waals surface area (Å²) in [5.74, 6) is 0.829. The molecule has 0 aliphatic heterocycles. The van der Waals surface area contributed by atoms with E-state index in [2.05, 4.69) is 65.2 Å². The largest absolute Gasteiger partial charge is 0.443 e. The molecule has 1 N–H and O–H groups in total. The van der Waals surface area contributed by atoms with Gasteiger partial charge in [0.25, 0.3) is 0 Å². The molecule has 1 aromatic carbocycles. The summed E-state index contributed by atoms with van der Waals surface area (Å²) in [7, 11) is 0. The first-order chi connectivity index (χ1) is 8.58. The molecule has 2 aromatic rings. The fourth-order valence-electron chi connectivity index (χ4n) is 1.72. The summed E-state index contributed by atoms with van der Waals surface area (Å²) in [6.45, 7) is 7.00. The molecule has 0 saturated heterocycles. The predicted octanol–water partition coefficient (Wildman–Crippen LogP) is 3.91. The van der Waals surface area contributed by atoms with Crippen molar-refractivity contribution in [2.24, 2.45) is 0 Å². The second-order valence-corrected chi connectivity index (χ2v) is 5.50. The standard InChI is InChI=1S/C14H17BrN2O/c1-9(2)16-7-13-14(18-8-17-13)11-5-4-10(3)6-12(11)15/h4-6,8-9,16H,7H2,1-3H3. The van der Waals surface area contributed by atoms with E-state index in [0.29, 0.717) is 12.6 Å². The summed E-state index contributed by atoms with van der Waals surface area (Å²) in [4.78, 5) is 4.28. The highest BCUT2D eigenvalue weighted by atomic mass is 79.9. The van der Waals surface area contributed by atoms with E-state index in [9.17, 15) is 0 Å². The summed E-state index contributed by atoms with van der Waals surface area (Å²) < 4.78 is 6.56. The van der Waals surface area contributed by atoms with Gasteiger partial charge in [0.1, 0.15) is 5.69 Å². The number of hydrogen-bond donors (Lipinski definition) is 1. The fraction of sp³-hybridized carbons (Fsp3) is 0.357. The number of hydrogen-bond acceptors (Lipinski definition) is 3. The average Bonchev–Trinajstić information content (AvgIpc) is 2.74. The minimum Gasteiger partial charge on any atom is -0.443 e. The molecule has 0 atom stereocenters. The van der Waals surface area contributed by atoms with Crippen LogP contribution in [0.1, 0.15) is 25.1 Å². The second-order valence-electron chi connectivity index (χ2n) is 4.65. The average molecular weight is 309 g/mol. The first kappa shape index (κ1) is 13.3. The second kappa shape index (κ2) is 5.67. The number of rotatable bonds is 4. The van der Waals surface area contributed by atoms with Crippen LogP contribution in [-0.4, -0.2) is 11.0 Å². The molecule has 0 bridgehead atoms. The Morgan fingerprint density at radius 2 is 2.17 bits per heavy atom. The Morgan fingerprint density at radius 3 is 2.83 bits per heavy atom. The topological polar surface area (TPSA) is 38.1 Å². The molecule has 0 saturated carbocycles. The highest BCUT2D eigenvalue weighted by Crippen LogP contribution is 2.31. The molecular weight excluding hydrogens is 292 g/mol. The summed E-state index contributed by atoms with van der Waals surface area (Å²) >= 11 is 3.57. The highest BCUT2D eigenvalue weighted by Gasteiger charge is 2.13. The molecule has 0 radical (unpaired) electrons. The van der Waals surface area contributed by atoms with E-state index in [1.54, 1.807) is 0 Å². The number of halogens is 1. The van der Waals surface area contributed by atoms with Gasteiger partial charge >= 0.3 is 0 Å². The zero-order chi connectivity index (χ0) is 13.1. The van der Waals surface area contributed by atoms with Gasteiger partial charge in [0.2, 0.25) is 0 Å². The number of aryl methyl sites for hydroxylation is 1. The molecule has 96 valence electrons. The van der Waals surface area contributed by atoms with E-state index in [0.717, 1.165) is 21.5 Å². The number of nitrogens with zero attached hydrogens (tertiary/aromatic N) is 1. The zero-order valence-corrected chi connectivity index (χ0v) is 12.4. The van der Waals surface area contributed by atoms with Crippen LogP contribution in [-0.2, 0) is 6.54 Å². The van der Waals surface area contributed by atoms with E-state index < -0.39 is 0 Å². The van der Waals surface area contributed by atoms with Crippen LogP contribution in [0.15, 0.2) is 33.5 Å². The molecule has 1 aromatic heterocycles. The molecule has 0 aliphatic rings. The fourth-order valence-corrected chi connectivity index (χ4v) is 2.39. The van der Waals surface area contributed by atoms with E-state index in [4.69, 9.17) is 4.42 Å². The third-order valence-corrected chi connectivity index (χ3v) is 3.34. The van der Waals surface area contributed by atoms with Crippen molar-refractivity contribution in [3.05, 3.63) is 40.3 Å². The van der Waals surface area contributed by atoms with Crippen molar-refractivity contribution < 1.29 is 4.42 Å². The molecule has 18 heavy (non-hydrogen) atoms. The maximum absolute atomic E-state index is 5.52. The van der Waals surface area contributed by atoms with Crippen molar-refractivity contribution in [3.8, 4) is 11.3 Å². The number of benzene rings is 1. The van der Waals surface area contributed by atoms with Gasteiger partial charge in [-0.25, -0.2) is 4.98 Å². The van der Waals surface area contributed by atoms with Crippen molar-refractivity contribution in [2.75, 3.05) is 0 Å². The van der Waals surface area contributed by atoms with Crippen LogP contribution >= 0.6 is 15.9 Å². The van der Waals surface area contributed by atoms with Crippen molar-refractivity contribution in [1.29, 1.82) is 0 Å². The van der Waals surface area contributed by atoms with Crippen molar-refractivity contribution in [3.63, 3.8) is 0 Å². The molecule has 4 heteroatoms. The highest BCUT2D eigenvalue weighted by molar-refractivity contribution is 9.10. The van der Waals surface area contributed by atoms with Gasteiger partial charge in [-0.15, -0.1) is 0 Å². The number of nitrogens with one attached hydrogen (secondary N) is 1. The summed E-state index contributed by atoms with van der Waals surface area (Å²) in [6.07, 6.45) is 1.50. The maximum Gasteiger partial charge on any atom is 0.181 e. The molecule has 0 fully saturated rings. The van der Waals surface area contributed by atoms with E-state index in [-0.39, 0.29) is 0 Å². The number of aromatic nitrogens is 1. The van der Waals surface area contributed by atoms with Crippen molar-refractivity contribution in [2.45, 2.75) is 33.4 Å². The Labute approximate surface area is 116 Å². The van der Waals surface area contributed by atoms with Gasteiger partial charge < -0.3 is 9.73 Å². The van der Waals surface area contributed by atoms with Crippen LogP contribution in [0.4, 0.5) is 0 Å². The molecule has 2 rings (SSSR count). The van der Waals surface area contributed by atoms with E-state index >= 15 is 0 Å². The Kier molecular flexibility index (Phi) is 4.19. The Bertz CT molecular complexity index is 534. The third kappa shape index (κ3) is 3.00. The Balaban J connectivity index is 2.30. The van der Waals surface area contributed by atoms with Gasteiger partial charge in [0.15, 0.2) is 12.2 Å². The first-order valence-corrected chi connectivity index (χ1v) is 6.79. The summed E-state index contributed by atoms with van der Waals surface area (Å²) in [5.41, 5.74) is 3.19. The minimum absolute atomic E-state index is 0.427. The van der Waals surface area contributed by atoms with Crippen LogP contribution in [0, 0.1) is 6.92 Å². The first-order valence-electron chi connectivity index (χ1n) is 6.00. The molecule has 0 unspecified atom stereocenters. The molecule has 0 amide bonds. The van der Waals surface area contributed by atoms with Crippen LogP contribution in [0.5, 0.6) is 0 Å². The van der Waals surface area contributed by atoms with Gasteiger partial charge in [-0.3, -0.25) is 0 Å². The monoisotopic (exact) mass is 308 g/mol. The van der Waals surface area contributed by atoms with Crippen LogP contribution in [0.2, 0.25) is 0 Å². The normalized spacial score (nSPS) is 11.2. The van der Waals surface area contributed by atoms with Crippen molar-refractivity contribution in [1.82, 2.24) is 10.3 Å². The number of oxazole rings is 1. The summed E-state index contributed by atoms with van der Waals surface area (Å²) in [5, 5.41) is 3.35. The SMILES string of the molecule is Cc1ccc(-c2ocnc2CNC(C)C)c(Br)c1.